The minimum atomic E-state index is -1.90. The van der Waals surface area contributed by atoms with Crippen LogP contribution < -0.4 is 25.9 Å². The zero-order valence-electron chi connectivity index (χ0n) is 41.9. The Labute approximate surface area is 417 Å². The number of hydrogen-bond donors (Lipinski definition) is 0. The molecule has 0 bridgehead atoms. The van der Waals surface area contributed by atoms with Crippen LogP contribution in [0.5, 0.6) is 23.0 Å². The van der Waals surface area contributed by atoms with Crippen molar-refractivity contribution >= 4 is 33.1 Å². The highest BCUT2D eigenvalue weighted by molar-refractivity contribution is 8.34. The number of hydrogen-bond acceptors (Lipinski definition) is 2. The van der Waals surface area contributed by atoms with Gasteiger partial charge in [0.25, 0.3) is 6.71 Å². The molecule has 2 aliphatic rings. The van der Waals surface area contributed by atoms with Crippen LogP contribution in [0, 0.1) is 0 Å². The van der Waals surface area contributed by atoms with Gasteiger partial charge >= 0.3 is 0 Å². The quantitative estimate of drug-likeness (QED) is 0.148. The van der Waals surface area contributed by atoms with Crippen molar-refractivity contribution in [3.8, 4) is 56.4 Å². The third-order valence-corrected chi connectivity index (χ3v) is 18.3. The van der Waals surface area contributed by atoms with Crippen LogP contribution in [0.3, 0.4) is 0 Å². The first-order valence-electron chi connectivity index (χ1n) is 24.8. The van der Waals surface area contributed by atoms with Gasteiger partial charge in [0.2, 0.25) is 0 Å². The highest BCUT2D eigenvalue weighted by Gasteiger charge is 2.44. The van der Waals surface area contributed by atoms with E-state index in [1.165, 1.54) is 63.9 Å². The second-order valence-corrected chi connectivity index (χ2v) is 25.2. The first-order chi connectivity index (χ1) is 33.6. The molecule has 0 saturated carbocycles. The fraction of sp³-hybridized carbons (Fsp3) is 0.182. The molecule has 0 saturated heterocycles. The van der Waals surface area contributed by atoms with Crippen molar-refractivity contribution in [1.82, 2.24) is 0 Å². The molecule has 9 aromatic carbocycles. The standard InChI is InChI=1S/C66H61BO2S/c1-64(2,3)46-35-39-58-56(41-46)67-57-42-47(65(4,5)6)36-40-59(57)69-63-54(60-52(44-23-14-10-15-24-44)31-22-32-55(60)66(7,8)9)43-53(62(68-58)61(63)67)45-33-37-51(38-34-45)70(48-25-16-11-17-26-48,49-27-18-12-19-28-49)50-29-20-13-21-30-50/h10-43H,1-9H3. The molecule has 0 unspecified atom stereocenters. The monoisotopic (exact) mass is 928 g/mol. The molecule has 0 fully saturated rings. The van der Waals surface area contributed by atoms with Gasteiger partial charge in [-0.1, -0.05) is 202 Å². The fourth-order valence-corrected chi connectivity index (χ4v) is 14.6. The van der Waals surface area contributed by atoms with E-state index in [9.17, 15) is 0 Å². The normalized spacial score (nSPS) is 13.4. The van der Waals surface area contributed by atoms with Crippen molar-refractivity contribution in [2.24, 2.45) is 0 Å². The Balaban J connectivity index is 1.23. The molecule has 2 aliphatic heterocycles. The summed E-state index contributed by atoms with van der Waals surface area (Å²) < 4.78 is 14.9. The molecule has 70 heavy (non-hydrogen) atoms. The summed E-state index contributed by atoms with van der Waals surface area (Å²) in [5.41, 5.74) is 13.6. The van der Waals surface area contributed by atoms with Crippen LogP contribution in [0.25, 0.3) is 33.4 Å². The van der Waals surface area contributed by atoms with Crippen molar-refractivity contribution in [3.05, 3.63) is 223 Å². The first-order valence-corrected chi connectivity index (χ1v) is 26.4. The maximum atomic E-state index is 7.47. The number of rotatable bonds is 7. The molecule has 0 aromatic heterocycles. The summed E-state index contributed by atoms with van der Waals surface area (Å²) in [5, 5.41) is 0. The van der Waals surface area contributed by atoms with E-state index in [-0.39, 0.29) is 23.0 Å². The molecule has 11 rings (SSSR count). The average molecular weight is 929 g/mol. The molecule has 4 heteroatoms. The van der Waals surface area contributed by atoms with Gasteiger partial charge in [0, 0.05) is 36.2 Å². The zero-order chi connectivity index (χ0) is 48.6. The van der Waals surface area contributed by atoms with Gasteiger partial charge in [-0.2, -0.15) is 0 Å². The van der Waals surface area contributed by atoms with Gasteiger partial charge in [0.1, 0.15) is 23.0 Å². The minimum absolute atomic E-state index is 0.0686. The number of ether oxygens (including phenoxy) is 2. The van der Waals surface area contributed by atoms with E-state index in [0.29, 0.717) is 0 Å². The first kappa shape index (κ1) is 45.4. The van der Waals surface area contributed by atoms with E-state index >= 15 is 0 Å². The zero-order valence-corrected chi connectivity index (χ0v) is 42.7. The van der Waals surface area contributed by atoms with E-state index in [1.54, 1.807) is 0 Å². The van der Waals surface area contributed by atoms with Crippen molar-refractivity contribution in [2.75, 3.05) is 0 Å². The summed E-state index contributed by atoms with van der Waals surface area (Å²) in [6, 6.07) is 76.5. The largest absolute Gasteiger partial charge is 0.458 e. The summed E-state index contributed by atoms with van der Waals surface area (Å²) in [7, 11) is -1.90. The summed E-state index contributed by atoms with van der Waals surface area (Å²) in [6.07, 6.45) is 0. The second kappa shape index (κ2) is 17.1. The van der Waals surface area contributed by atoms with Gasteiger partial charge in [-0.15, -0.1) is 10.0 Å². The lowest BCUT2D eigenvalue weighted by atomic mass is 9.34. The second-order valence-electron chi connectivity index (χ2n) is 22.1. The summed E-state index contributed by atoms with van der Waals surface area (Å²) in [4.78, 5) is 5.14. The number of fused-ring (bicyclic) bond motifs is 4. The van der Waals surface area contributed by atoms with E-state index in [2.05, 4.69) is 269 Å². The molecule has 0 radical (unpaired) electrons. The Hall–Kier alpha value is -7.01. The predicted molar refractivity (Wildman–Crippen MR) is 297 cm³/mol. The Morgan fingerprint density at radius 2 is 0.786 bits per heavy atom. The van der Waals surface area contributed by atoms with E-state index < -0.39 is 10.0 Å². The van der Waals surface area contributed by atoms with Gasteiger partial charge in [-0.25, -0.2) is 0 Å². The molecule has 0 aliphatic carbocycles. The Bertz CT molecular complexity index is 3270. The van der Waals surface area contributed by atoms with Crippen LogP contribution in [-0.2, 0) is 16.2 Å². The van der Waals surface area contributed by atoms with Crippen LogP contribution in [0.15, 0.2) is 226 Å². The minimum Gasteiger partial charge on any atom is -0.458 e. The van der Waals surface area contributed by atoms with Crippen LogP contribution in [0.4, 0.5) is 0 Å². The van der Waals surface area contributed by atoms with E-state index in [0.717, 1.165) is 45.2 Å². The third kappa shape index (κ3) is 7.69. The molecule has 2 heterocycles. The maximum Gasteiger partial charge on any atom is 0.260 e. The average Bonchev–Trinajstić information content (AvgIpc) is 3.37. The smallest absolute Gasteiger partial charge is 0.260 e. The SMILES string of the molecule is CC(C)(C)c1ccc2c(c1)B1c3cc(C(C)(C)C)ccc3Oc3c(-c4c(-c5ccccc5)cccc4C(C)(C)C)cc(-c4ccc(S(c5ccccc5)(c5ccccc5)c5ccccc5)cc4)c(c31)O2. The van der Waals surface area contributed by atoms with Crippen LogP contribution in [0.2, 0.25) is 0 Å². The van der Waals surface area contributed by atoms with Crippen molar-refractivity contribution < 1.29 is 9.47 Å². The molecular weight excluding hydrogens is 868 g/mol. The van der Waals surface area contributed by atoms with Crippen molar-refractivity contribution in [3.63, 3.8) is 0 Å². The fourth-order valence-electron chi connectivity index (χ4n) is 10.8. The molecular formula is C66H61BO2S. The van der Waals surface area contributed by atoms with E-state index in [4.69, 9.17) is 9.47 Å². The molecule has 0 spiro atoms. The van der Waals surface area contributed by atoms with Gasteiger partial charge in [0.05, 0.1) is 0 Å². The predicted octanol–water partition coefficient (Wildman–Crippen LogP) is 16.6. The third-order valence-electron chi connectivity index (χ3n) is 14.4. The Morgan fingerprint density at radius 3 is 1.24 bits per heavy atom. The van der Waals surface area contributed by atoms with Gasteiger partial charge < -0.3 is 9.47 Å². The maximum absolute atomic E-state index is 7.47. The Kier molecular flexibility index (Phi) is 11.1. The summed E-state index contributed by atoms with van der Waals surface area (Å²) in [5.74, 6) is 3.48. The summed E-state index contributed by atoms with van der Waals surface area (Å²) >= 11 is 0. The van der Waals surface area contributed by atoms with Crippen LogP contribution in [-0.4, -0.2) is 6.71 Å². The highest BCUT2D eigenvalue weighted by atomic mass is 32.3. The van der Waals surface area contributed by atoms with Gasteiger partial charge in [-0.3, -0.25) is 0 Å². The highest BCUT2D eigenvalue weighted by Crippen LogP contribution is 2.73. The lowest BCUT2D eigenvalue weighted by molar-refractivity contribution is 0.465. The van der Waals surface area contributed by atoms with Gasteiger partial charge in [-0.05, 0) is 133 Å². The molecule has 2 nitrogen and oxygen atoms in total. The molecule has 9 aromatic rings. The molecule has 0 N–H and O–H groups in total. The van der Waals surface area contributed by atoms with Crippen molar-refractivity contribution in [2.45, 2.75) is 98.1 Å². The topological polar surface area (TPSA) is 18.5 Å². The summed E-state index contributed by atoms with van der Waals surface area (Å²) in [6.45, 7) is 20.6. The van der Waals surface area contributed by atoms with Gasteiger partial charge in [0.15, 0.2) is 0 Å². The molecule has 346 valence electrons. The number of benzene rings is 9. The lowest BCUT2D eigenvalue weighted by Crippen LogP contribution is -2.58. The molecule has 0 amide bonds. The van der Waals surface area contributed by atoms with Crippen LogP contribution in [0.1, 0.15) is 79.0 Å². The lowest BCUT2D eigenvalue weighted by Gasteiger charge is -2.42. The van der Waals surface area contributed by atoms with Crippen LogP contribution >= 0.6 is 10.0 Å². The molecule has 0 atom stereocenters. The van der Waals surface area contributed by atoms with Crippen molar-refractivity contribution in [1.29, 1.82) is 0 Å². The Morgan fingerprint density at radius 1 is 0.357 bits per heavy atom. The van der Waals surface area contributed by atoms with E-state index in [1.807, 2.05) is 0 Å².